The van der Waals surface area contributed by atoms with Crippen LogP contribution in [0.1, 0.15) is 62.3 Å². The van der Waals surface area contributed by atoms with Gasteiger partial charge in [-0.1, -0.05) is 0 Å². The number of methoxy groups -OCH3 is 1. The predicted molar refractivity (Wildman–Crippen MR) is 124 cm³/mol. The molecule has 1 aromatic heterocycles. The van der Waals surface area contributed by atoms with E-state index in [0.29, 0.717) is 60.4 Å². The smallest absolute Gasteiger partial charge is 0.417 e. The Morgan fingerprint density at radius 3 is 2.50 bits per heavy atom. The van der Waals surface area contributed by atoms with Gasteiger partial charge in [0, 0.05) is 76.1 Å². The summed E-state index contributed by atoms with van der Waals surface area (Å²) >= 11 is 0. The first kappa shape index (κ1) is 25.2. The highest BCUT2D eigenvalue weighted by atomic mass is 19.4. The molecule has 7 nitrogen and oxygen atoms in total. The van der Waals surface area contributed by atoms with Gasteiger partial charge in [-0.05, 0) is 44.2 Å². The van der Waals surface area contributed by atoms with Gasteiger partial charge in [-0.2, -0.15) is 13.2 Å². The van der Waals surface area contributed by atoms with Crippen LogP contribution in [0.5, 0.6) is 0 Å². The minimum Gasteiger partial charge on any atom is -0.450 e. The number of halogens is 3. The molecule has 10 heteroatoms. The summed E-state index contributed by atoms with van der Waals surface area (Å²) in [5, 5.41) is 0. The number of piperidine rings is 1. The van der Waals surface area contributed by atoms with E-state index in [9.17, 15) is 22.8 Å². The third-order valence-electron chi connectivity index (χ3n) is 8.39. The fourth-order valence-corrected chi connectivity index (χ4v) is 6.27. The first-order valence-electron chi connectivity index (χ1n) is 12.7. The molecular weight excluding hydrogens is 475 g/mol. The number of fused-ring (bicyclic) bond motifs is 1. The van der Waals surface area contributed by atoms with Crippen molar-refractivity contribution < 1.29 is 32.2 Å². The van der Waals surface area contributed by atoms with Crippen molar-refractivity contribution in [3.63, 3.8) is 0 Å². The van der Waals surface area contributed by atoms with E-state index in [4.69, 9.17) is 9.47 Å². The zero-order valence-corrected chi connectivity index (χ0v) is 20.7. The summed E-state index contributed by atoms with van der Waals surface area (Å²) in [6.45, 7) is 3.42. The van der Waals surface area contributed by atoms with E-state index in [1.54, 1.807) is 14.0 Å². The SMILES string of the molecule is COC1CCC(N2CCC3(CC2)OC(=O)C(C)=C3C(=O)N2CCc3ncc(C(F)(F)F)cc3C2)CC1. The molecule has 196 valence electrons. The van der Waals surface area contributed by atoms with E-state index >= 15 is 0 Å². The van der Waals surface area contributed by atoms with Crippen molar-refractivity contribution in [3.05, 3.63) is 40.2 Å². The number of likely N-dealkylation sites (tertiary alicyclic amines) is 1. The molecule has 1 saturated carbocycles. The zero-order chi connectivity index (χ0) is 25.7. The predicted octanol–water partition coefficient (Wildman–Crippen LogP) is 3.65. The van der Waals surface area contributed by atoms with Crippen LogP contribution < -0.4 is 0 Å². The van der Waals surface area contributed by atoms with Gasteiger partial charge in [-0.25, -0.2) is 4.79 Å². The molecule has 1 aromatic rings. The van der Waals surface area contributed by atoms with Gasteiger partial charge in [0.2, 0.25) is 0 Å². The molecule has 2 fully saturated rings. The average molecular weight is 508 g/mol. The molecule has 4 aliphatic rings. The van der Waals surface area contributed by atoms with Crippen LogP contribution >= 0.6 is 0 Å². The minimum absolute atomic E-state index is 0.0288. The minimum atomic E-state index is -4.50. The number of nitrogens with zero attached hydrogens (tertiary/aromatic N) is 3. The number of rotatable bonds is 3. The molecule has 1 spiro atoms. The van der Waals surface area contributed by atoms with Crippen LogP contribution in [0.2, 0.25) is 0 Å². The maximum absolute atomic E-state index is 13.7. The van der Waals surface area contributed by atoms with Gasteiger partial charge in [-0.15, -0.1) is 0 Å². The molecule has 1 saturated heterocycles. The summed E-state index contributed by atoms with van der Waals surface area (Å²) in [6.07, 6.45) is 2.28. The quantitative estimate of drug-likeness (QED) is 0.582. The number of aromatic nitrogens is 1. The van der Waals surface area contributed by atoms with Crippen LogP contribution in [0, 0.1) is 0 Å². The molecule has 0 N–H and O–H groups in total. The highest BCUT2D eigenvalue weighted by Crippen LogP contribution is 2.43. The Labute approximate surface area is 208 Å². The maximum Gasteiger partial charge on any atom is 0.417 e. The highest BCUT2D eigenvalue weighted by Gasteiger charge is 2.52. The lowest BCUT2D eigenvalue weighted by Crippen LogP contribution is -2.52. The highest BCUT2D eigenvalue weighted by molar-refractivity contribution is 6.07. The molecule has 3 aliphatic heterocycles. The summed E-state index contributed by atoms with van der Waals surface area (Å²) in [5.41, 5.74) is -0.148. The monoisotopic (exact) mass is 507 g/mol. The summed E-state index contributed by atoms with van der Waals surface area (Å²) in [6, 6.07) is 1.54. The Kier molecular flexibility index (Phi) is 6.61. The molecule has 1 amide bonds. The zero-order valence-electron chi connectivity index (χ0n) is 20.7. The molecule has 36 heavy (non-hydrogen) atoms. The fraction of sp³-hybridized carbons (Fsp3) is 0.654. The summed E-state index contributed by atoms with van der Waals surface area (Å²) < 4.78 is 51.0. The number of esters is 1. The van der Waals surface area contributed by atoms with Gasteiger partial charge in [0.1, 0.15) is 5.60 Å². The summed E-state index contributed by atoms with van der Waals surface area (Å²) in [7, 11) is 1.75. The number of carbonyl (C=O) groups is 2. The largest absolute Gasteiger partial charge is 0.450 e. The summed E-state index contributed by atoms with van der Waals surface area (Å²) in [4.78, 5) is 34.3. The first-order valence-corrected chi connectivity index (χ1v) is 12.7. The van der Waals surface area contributed by atoms with Crippen molar-refractivity contribution in [1.82, 2.24) is 14.8 Å². The van der Waals surface area contributed by atoms with Crippen molar-refractivity contribution in [3.8, 4) is 0 Å². The Balaban J connectivity index is 1.31. The number of ether oxygens (including phenoxy) is 2. The number of hydrogen-bond acceptors (Lipinski definition) is 6. The van der Waals surface area contributed by atoms with Crippen molar-refractivity contribution in [2.75, 3.05) is 26.7 Å². The van der Waals surface area contributed by atoms with E-state index in [0.717, 1.165) is 51.0 Å². The van der Waals surface area contributed by atoms with Crippen LogP contribution in [0.4, 0.5) is 13.2 Å². The van der Waals surface area contributed by atoms with E-state index in [-0.39, 0.29) is 12.5 Å². The lowest BCUT2D eigenvalue weighted by Gasteiger charge is -2.44. The Morgan fingerprint density at radius 2 is 1.86 bits per heavy atom. The van der Waals surface area contributed by atoms with Crippen molar-refractivity contribution in [2.24, 2.45) is 0 Å². The van der Waals surface area contributed by atoms with Gasteiger partial charge in [0.25, 0.3) is 5.91 Å². The van der Waals surface area contributed by atoms with Crippen molar-refractivity contribution in [1.29, 1.82) is 0 Å². The third-order valence-corrected chi connectivity index (χ3v) is 8.39. The second kappa shape index (κ2) is 9.45. The molecule has 0 atom stereocenters. The second-order valence-corrected chi connectivity index (χ2v) is 10.4. The van der Waals surface area contributed by atoms with E-state index in [1.807, 2.05) is 0 Å². The van der Waals surface area contributed by atoms with Crippen LogP contribution in [0.15, 0.2) is 23.4 Å². The number of pyridine rings is 1. The van der Waals surface area contributed by atoms with Gasteiger partial charge in [-0.3, -0.25) is 9.78 Å². The van der Waals surface area contributed by atoms with Crippen molar-refractivity contribution in [2.45, 2.75) is 82.3 Å². The Morgan fingerprint density at radius 1 is 1.17 bits per heavy atom. The van der Waals surface area contributed by atoms with Crippen LogP contribution in [-0.2, 0) is 38.2 Å². The van der Waals surface area contributed by atoms with Crippen LogP contribution in [-0.4, -0.2) is 71.2 Å². The molecule has 0 unspecified atom stereocenters. The number of carbonyl (C=O) groups excluding carboxylic acids is 2. The lowest BCUT2D eigenvalue weighted by molar-refractivity contribution is -0.152. The van der Waals surface area contributed by atoms with E-state index < -0.39 is 23.3 Å². The average Bonchev–Trinajstić information content (AvgIpc) is 3.11. The van der Waals surface area contributed by atoms with Gasteiger partial charge in [0.05, 0.1) is 17.2 Å². The second-order valence-electron chi connectivity index (χ2n) is 10.4. The number of hydrogen-bond donors (Lipinski definition) is 0. The third kappa shape index (κ3) is 4.53. The molecular formula is C26H32F3N3O4. The lowest BCUT2D eigenvalue weighted by atomic mass is 9.81. The van der Waals surface area contributed by atoms with Gasteiger partial charge in [0.15, 0.2) is 0 Å². The standard InChI is InChI=1S/C26H32F3N3O4/c1-16-22(23(33)32-10-7-21-17(15-32)13-18(14-30-21)26(27,28)29)25(36-24(16)34)8-11-31(12-9-25)19-3-5-20(35-2)6-4-19/h13-14,19-20H,3-12,15H2,1-2H3. The molecule has 0 bridgehead atoms. The molecule has 0 radical (unpaired) electrons. The van der Waals surface area contributed by atoms with Crippen LogP contribution in [0.25, 0.3) is 0 Å². The Bertz CT molecular complexity index is 1070. The number of amides is 1. The first-order chi connectivity index (χ1) is 17.1. The molecule has 5 rings (SSSR count). The van der Waals surface area contributed by atoms with Gasteiger partial charge >= 0.3 is 12.1 Å². The molecule has 0 aromatic carbocycles. The maximum atomic E-state index is 13.7. The number of alkyl halides is 3. The normalized spacial score (nSPS) is 26.8. The fourth-order valence-electron chi connectivity index (χ4n) is 6.27. The molecule has 1 aliphatic carbocycles. The van der Waals surface area contributed by atoms with Gasteiger partial charge < -0.3 is 19.3 Å². The topological polar surface area (TPSA) is 72.0 Å². The van der Waals surface area contributed by atoms with E-state index in [2.05, 4.69) is 9.88 Å². The Hall–Kier alpha value is -2.46. The van der Waals surface area contributed by atoms with Crippen LogP contribution in [0.3, 0.4) is 0 Å². The van der Waals surface area contributed by atoms with E-state index in [1.165, 1.54) is 4.90 Å². The summed E-state index contributed by atoms with van der Waals surface area (Å²) in [5.74, 6) is -0.804. The van der Waals surface area contributed by atoms with Crippen molar-refractivity contribution >= 4 is 11.9 Å². The molecule has 4 heterocycles.